The van der Waals surface area contributed by atoms with Crippen molar-refractivity contribution in [1.29, 1.82) is 0 Å². The molecule has 2 N–H and O–H groups in total. The Morgan fingerprint density at radius 1 is 1.50 bits per heavy atom. The van der Waals surface area contributed by atoms with Crippen molar-refractivity contribution in [1.82, 2.24) is 0 Å². The maximum Gasteiger partial charge on any atom is 0.306 e. The van der Waals surface area contributed by atoms with Gasteiger partial charge < -0.3 is 10.2 Å². The molecule has 0 aliphatic rings. The van der Waals surface area contributed by atoms with Gasteiger partial charge in [0.1, 0.15) is 5.75 Å². The highest BCUT2D eigenvalue weighted by molar-refractivity contribution is 6.31. The molecular weight excluding hydrogens is 228 g/mol. The van der Waals surface area contributed by atoms with Crippen LogP contribution in [-0.4, -0.2) is 16.2 Å². The number of carbonyl (C=O) groups is 1. The van der Waals surface area contributed by atoms with Gasteiger partial charge in [-0.05, 0) is 43.0 Å². The third kappa shape index (κ3) is 2.47. The molecule has 1 aromatic rings. The lowest BCUT2D eigenvalue weighted by Gasteiger charge is -2.14. The first-order valence-corrected chi connectivity index (χ1v) is 5.42. The Kier molecular flexibility index (Phi) is 3.81. The summed E-state index contributed by atoms with van der Waals surface area (Å²) >= 11 is 6.00. The molecule has 1 aromatic carbocycles. The van der Waals surface area contributed by atoms with Gasteiger partial charge in [0, 0.05) is 5.02 Å². The third-order valence-electron chi connectivity index (χ3n) is 2.75. The number of aliphatic carboxylic acids is 1. The summed E-state index contributed by atoms with van der Waals surface area (Å²) in [6.45, 7) is 5.14. The van der Waals surface area contributed by atoms with E-state index in [-0.39, 0.29) is 12.2 Å². The predicted octanol–water partition coefficient (Wildman–Crippen LogP) is 2.93. The van der Waals surface area contributed by atoms with Crippen LogP contribution in [0.4, 0.5) is 0 Å². The molecule has 0 heterocycles. The van der Waals surface area contributed by atoms with Crippen LogP contribution in [0.15, 0.2) is 6.07 Å². The van der Waals surface area contributed by atoms with Crippen LogP contribution < -0.4 is 0 Å². The first-order valence-electron chi connectivity index (χ1n) is 5.05. The highest BCUT2D eigenvalue weighted by atomic mass is 35.5. The van der Waals surface area contributed by atoms with E-state index in [1.54, 1.807) is 26.8 Å². The zero-order valence-electron chi connectivity index (χ0n) is 9.54. The Morgan fingerprint density at radius 3 is 2.56 bits per heavy atom. The summed E-state index contributed by atoms with van der Waals surface area (Å²) < 4.78 is 0. The van der Waals surface area contributed by atoms with E-state index in [0.717, 1.165) is 5.56 Å². The molecule has 0 bridgehead atoms. The zero-order valence-corrected chi connectivity index (χ0v) is 10.3. The van der Waals surface area contributed by atoms with E-state index < -0.39 is 11.9 Å². The Bertz CT molecular complexity index is 401. The molecule has 0 amide bonds. The van der Waals surface area contributed by atoms with Gasteiger partial charge in [0.15, 0.2) is 0 Å². The molecule has 0 saturated carbocycles. The smallest absolute Gasteiger partial charge is 0.306 e. The number of hydrogen-bond donors (Lipinski definition) is 2. The van der Waals surface area contributed by atoms with Crippen LogP contribution in [0.1, 0.15) is 23.6 Å². The predicted molar refractivity (Wildman–Crippen MR) is 63.1 cm³/mol. The van der Waals surface area contributed by atoms with Crippen molar-refractivity contribution in [3.8, 4) is 5.75 Å². The van der Waals surface area contributed by atoms with Crippen LogP contribution in [0.25, 0.3) is 0 Å². The number of rotatable bonds is 3. The van der Waals surface area contributed by atoms with Crippen LogP contribution >= 0.6 is 11.6 Å². The molecule has 0 saturated heterocycles. The van der Waals surface area contributed by atoms with Crippen molar-refractivity contribution in [3.63, 3.8) is 0 Å². The molecule has 88 valence electrons. The van der Waals surface area contributed by atoms with Crippen molar-refractivity contribution >= 4 is 17.6 Å². The molecule has 4 heteroatoms. The van der Waals surface area contributed by atoms with Crippen molar-refractivity contribution in [3.05, 3.63) is 27.8 Å². The van der Waals surface area contributed by atoms with E-state index in [1.165, 1.54) is 0 Å². The lowest BCUT2D eigenvalue weighted by molar-refractivity contribution is -0.141. The van der Waals surface area contributed by atoms with Crippen molar-refractivity contribution < 1.29 is 15.0 Å². The number of halogens is 1. The number of hydrogen-bond acceptors (Lipinski definition) is 2. The number of aryl methyl sites for hydroxylation is 1. The standard InChI is InChI=1S/C12H15ClO3/c1-6-5-10(13)8(3)9(11(6)14)4-7(2)12(15)16/h5,7,14H,4H2,1-3H3,(H,15,16). The Balaban J connectivity index is 3.17. The lowest BCUT2D eigenvalue weighted by atomic mass is 9.94. The summed E-state index contributed by atoms with van der Waals surface area (Å²) in [5, 5.41) is 19.3. The Morgan fingerprint density at radius 2 is 2.06 bits per heavy atom. The minimum Gasteiger partial charge on any atom is -0.507 e. The molecule has 1 rings (SSSR count). The van der Waals surface area contributed by atoms with E-state index in [1.807, 2.05) is 0 Å². The lowest BCUT2D eigenvalue weighted by Crippen LogP contribution is -2.13. The van der Waals surface area contributed by atoms with E-state index in [2.05, 4.69) is 0 Å². The minimum atomic E-state index is -0.878. The number of aromatic hydroxyl groups is 1. The average molecular weight is 243 g/mol. The molecule has 16 heavy (non-hydrogen) atoms. The fourth-order valence-corrected chi connectivity index (χ4v) is 1.85. The monoisotopic (exact) mass is 242 g/mol. The summed E-state index contributed by atoms with van der Waals surface area (Å²) in [5.74, 6) is -1.27. The van der Waals surface area contributed by atoms with Gasteiger partial charge in [0.25, 0.3) is 0 Å². The molecule has 0 spiro atoms. The summed E-state index contributed by atoms with van der Waals surface area (Å²) in [5.41, 5.74) is 2.04. The molecular formula is C12H15ClO3. The molecule has 1 atom stereocenters. The quantitative estimate of drug-likeness (QED) is 0.857. The SMILES string of the molecule is Cc1cc(Cl)c(C)c(CC(C)C(=O)O)c1O. The van der Waals surface area contributed by atoms with E-state index in [9.17, 15) is 9.90 Å². The van der Waals surface area contributed by atoms with E-state index in [4.69, 9.17) is 16.7 Å². The maximum absolute atomic E-state index is 10.8. The second kappa shape index (κ2) is 4.74. The summed E-state index contributed by atoms with van der Waals surface area (Å²) in [6, 6.07) is 1.68. The van der Waals surface area contributed by atoms with Gasteiger partial charge in [0.05, 0.1) is 5.92 Å². The van der Waals surface area contributed by atoms with Gasteiger partial charge in [0.2, 0.25) is 0 Å². The maximum atomic E-state index is 10.8. The summed E-state index contributed by atoms with van der Waals surface area (Å²) in [4.78, 5) is 10.8. The van der Waals surface area contributed by atoms with Gasteiger partial charge in [-0.15, -0.1) is 0 Å². The fraction of sp³-hybridized carbons (Fsp3) is 0.417. The van der Waals surface area contributed by atoms with Gasteiger partial charge in [-0.2, -0.15) is 0 Å². The van der Waals surface area contributed by atoms with Gasteiger partial charge in [-0.25, -0.2) is 0 Å². The van der Waals surface area contributed by atoms with Gasteiger partial charge in [-0.3, -0.25) is 4.79 Å². The second-order valence-electron chi connectivity index (χ2n) is 4.07. The zero-order chi connectivity index (χ0) is 12.5. The van der Waals surface area contributed by atoms with Crippen LogP contribution in [0.2, 0.25) is 5.02 Å². The Hall–Kier alpha value is -1.22. The molecule has 0 aliphatic carbocycles. The van der Waals surface area contributed by atoms with Crippen LogP contribution in [0, 0.1) is 19.8 Å². The largest absolute Gasteiger partial charge is 0.507 e. The molecule has 3 nitrogen and oxygen atoms in total. The fourth-order valence-electron chi connectivity index (χ4n) is 1.57. The highest BCUT2D eigenvalue weighted by Crippen LogP contribution is 2.32. The number of benzene rings is 1. The molecule has 0 radical (unpaired) electrons. The summed E-state index contributed by atoms with van der Waals surface area (Å²) in [6.07, 6.45) is 0.286. The molecule has 0 aromatic heterocycles. The average Bonchev–Trinajstić information content (AvgIpc) is 2.21. The normalized spacial score (nSPS) is 12.5. The minimum absolute atomic E-state index is 0.148. The number of phenolic OH excluding ortho intramolecular Hbond substituents is 1. The highest BCUT2D eigenvalue weighted by Gasteiger charge is 2.18. The van der Waals surface area contributed by atoms with Crippen LogP contribution in [0.5, 0.6) is 5.75 Å². The third-order valence-corrected chi connectivity index (χ3v) is 3.14. The number of phenols is 1. The second-order valence-corrected chi connectivity index (χ2v) is 4.48. The van der Waals surface area contributed by atoms with Gasteiger partial charge in [-0.1, -0.05) is 18.5 Å². The molecule has 0 fully saturated rings. The molecule has 1 unspecified atom stereocenters. The van der Waals surface area contributed by atoms with Gasteiger partial charge >= 0.3 is 5.97 Å². The number of carboxylic acids is 1. The Labute approximate surface area is 99.7 Å². The van der Waals surface area contributed by atoms with E-state index in [0.29, 0.717) is 16.1 Å². The first kappa shape index (κ1) is 12.8. The van der Waals surface area contributed by atoms with Crippen LogP contribution in [-0.2, 0) is 11.2 Å². The van der Waals surface area contributed by atoms with E-state index >= 15 is 0 Å². The molecule has 0 aliphatic heterocycles. The van der Waals surface area contributed by atoms with Crippen molar-refractivity contribution in [2.75, 3.05) is 0 Å². The van der Waals surface area contributed by atoms with Crippen molar-refractivity contribution in [2.24, 2.45) is 5.92 Å². The summed E-state index contributed by atoms with van der Waals surface area (Å²) in [7, 11) is 0. The topological polar surface area (TPSA) is 57.5 Å². The number of carboxylic acid groups (broad SMARTS) is 1. The van der Waals surface area contributed by atoms with Crippen molar-refractivity contribution in [2.45, 2.75) is 27.2 Å². The van der Waals surface area contributed by atoms with Crippen LogP contribution in [0.3, 0.4) is 0 Å². The first-order chi connectivity index (χ1) is 7.34.